The minimum atomic E-state index is -0.927. The van der Waals surface area contributed by atoms with Gasteiger partial charge in [-0.1, -0.05) is 13.8 Å². The van der Waals surface area contributed by atoms with Gasteiger partial charge < -0.3 is 29.1 Å². The van der Waals surface area contributed by atoms with Crippen LogP contribution in [0.15, 0.2) is 36.4 Å². The van der Waals surface area contributed by atoms with Gasteiger partial charge in [-0.05, 0) is 31.2 Å². The van der Waals surface area contributed by atoms with Gasteiger partial charge in [0.25, 0.3) is 0 Å². The Kier molecular flexibility index (Phi) is 8.42. The van der Waals surface area contributed by atoms with E-state index in [2.05, 4.69) is 0 Å². The van der Waals surface area contributed by atoms with Gasteiger partial charge in [0.1, 0.15) is 29.2 Å². The lowest BCUT2D eigenvalue weighted by molar-refractivity contribution is -0.137. The quantitative estimate of drug-likeness (QED) is 0.503. The number of hydrogen-bond acceptors (Lipinski definition) is 6. The fourth-order valence-electron chi connectivity index (χ4n) is 5.55. The number of aliphatic carboxylic acids is 1. The predicted molar refractivity (Wildman–Crippen MR) is 138 cm³/mol. The topological polar surface area (TPSA) is 71.5 Å². The largest absolute Gasteiger partial charge is 0.494 e. The Balaban J connectivity index is 1.43. The average molecular weight is 519 g/mol. The molecule has 5 atom stereocenters. The third kappa shape index (κ3) is 5.92. The SMILES string of the molecule is CCOc1ccc(F)c(N2CCC(Oc3ccc(N4C[C@H](OC)[C@@H](C)C4CC(=O)O)c(F)c3)C(C)C2)c1. The maximum atomic E-state index is 15.3. The van der Waals surface area contributed by atoms with Crippen molar-refractivity contribution in [3.63, 3.8) is 0 Å². The van der Waals surface area contributed by atoms with E-state index in [9.17, 15) is 14.3 Å². The van der Waals surface area contributed by atoms with Crippen LogP contribution in [0.1, 0.15) is 33.6 Å². The van der Waals surface area contributed by atoms with E-state index < -0.39 is 11.8 Å². The number of anilines is 2. The molecule has 3 unspecified atom stereocenters. The number of ether oxygens (including phenoxy) is 3. The predicted octanol–water partition coefficient (Wildman–Crippen LogP) is 4.97. The molecule has 0 spiro atoms. The molecule has 0 aliphatic carbocycles. The van der Waals surface area contributed by atoms with Crippen LogP contribution < -0.4 is 19.3 Å². The Hall–Kier alpha value is -3.07. The Morgan fingerprint density at radius 1 is 1.03 bits per heavy atom. The first-order chi connectivity index (χ1) is 17.7. The van der Waals surface area contributed by atoms with E-state index in [1.165, 1.54) is 12.1 Å². The van der Waals surface area contributed by atoms with Crippen molar-refractivity contribution in [1.29, 1.82) is 0 Å². The number of piperidine rings is 1. The minimum absolute atomic E-state index is 0.0541. The highest BCUT2D eigenvalue weighted by Gasteiger charge is 2.41. The lowest BCUT2D eigenvalue weighted by atomic mass is 9.95. The highest BCUT2D eigenvalue weighted by molar-refractivity contribution is 5.69. The molecule has 2 heterocycles. The van der Waals surface area contributed by atoms with Crippen LogP contribution in [0.4, 0.5) is 20.2 Å². The van der Waals surface area contributed by atoms with Crippen LogP contribution in [0.2, 0.25) is 0 Å². The Bertz CT molecular complexity index is 1100. The highest BCUT2D eigenvalue weighted by Crippen LogP contribution is 2.37. The monoisotopic (exact) mass is 518 g/mol. The van der Waals surface area contributed by atoms with Gasteiger partial charge in [-0.2, -0.15) is 0 Å². The number of hydrogen-bond donors (Lipinski definition) is 1. The molecule has 7 nitrogen and oxygen atoms in total. The zero-order chi connectivity index (χ0) is 26.7. The maximum Gasteiger partial charge on any atom is 0.305 e. The molecule has 2 saturated heterocycles. The molecule has 2 fully saturated rings. The van der Waals surface area contributed by atoms with E-state index in [0.717, 1.165) is 0 Å². The molecule has 2 aromatic rings. The molecule has 2 aromatic carbocycles. The van der Waals surface area contributed by atoms with Crippen LogP contribution in [0.3, 0.4) is 0 Å². The molecule has 0 radical (unpaired) electrons. The summed E-state index contributed by atoms with van der Waals surface area (Å²) in [5.41, 5.74) is 0.856. The second-order valence-electron chi connectivity index (χ2n) is 9.98. The van der Waals surface area contributed by atoms with Crippen molar-refractivity contribution in [3.8, 4) is 11.5 Å². The summed E-state index contributed by atoms with van der Waals surface area (Å²) in [6.07, 6.45) is 0.236. The number of methoxy groups -OCH3 is 1. The molecule has 1 N–H and O–H groups in total. The molecule has 2 aliphatic heterocycles. The van der Waals surface area contributed by atoms with Crippen molar-refractivity contribution >= 4 is 17.3 Å². The van der Waals surface area contributed by atoms with E-state index in [0.29, 0.717) is 55.5 Å². The summed E-state index contributed by atoms with van der Waals surface area (Å²) in [6, 6.07) is 9.16. The van der Waals surface area contributed by atoms with Crippen molar-refractivity contribution in [2.75, 3.05) is 43.2 Å². The zero-order valence-corrected chi connectivity index (χ0v) is 21.8. The molecule has 0 saturated carbocycles. The van der Waals surface area contributed by atoms with Gasteiger partial charge in [-0.15, -0.1) is 0 Å². The Morgan fingerprint density at radius 3 is 2.43 bits per heavy atom. The highest BCUT2D eigenvalue weighted by atomic mass is 19.1. The third-order valence-electron chi connectivity index (χ3n) is 7.57. The standard InChI is InChI=1S/C28H36F2N2O5/c1-5-36-19-6-8-21(29)25(13-19)31-11-10-26(17(2)15-31)37-20-7-9-23(22(30)12-20)32-16-27(35-4)18(3)24(32)14-28(33)34/h6-9,12-13,17-18,24,26-27H,5,10-11,14-16H2,1-4H3,(H,33,34)/t17?,18-,24?,26?,27-/m0/s1. The molecule has 4 rings (SSSR count). The van der Waals surface area contributed by atoms with E-state index in [1.54, 1.807) is 36.3 Å². The van der Waals surface area contributed by atoms with Crippen molar-refractivity contribution < 1.29 is 32.9 Å². The minimum Gasteiger partial charge on any atom is -0.494 e. The lowest BCUT2D eigenvalue weighted by Crippen LogP contribution is -2.44. The molecular weight excluding hydrogens is 482 g/mol. The maximum absolute atomic E-state index is 15.3. The molecule has 37 heavy (non-hydrogen) atoms. The summed E-state index contributed by atoms with van der Waals surface area (Å²) in [6.45, 7) is 7.99. The first kappa shape index (κ1) is 27.0. The summed E-state index contributed by atoms with van der Waals surface area (Å²) >= 11 is 0. The fraction of sp³-hybridized carbons (Fsp3) is 0.536. The van der Waals surface area contributed by atoms with Crippen molar-refractivity contribution in [3.05, 3.63) is 48.0 Å². The van der Waals surface area contributed by atoms with Gasteiger partial charge in [0.05, 0.1) is 30.5 Å². The summed E-state index contributed by atoms with van der Waals surface area (Å²) in [5, 5.41) is 9.37. The number of rotatable bonds is 9. The molecule has 0 amide bonds. The number of carbonyl (C=O) groups is 1. The van der Waals surface area contributed by atoms with Gasteiger partial charge in [0.15, 0.2) is 0 Å². The number of carboxylic acid groups (broad SMARTS) is 1. The van der Waals surface area contributed by atoms with Crippen molar-refractivity contribution in [1.82, 2.24) is 0 Å². The zero-order valence-electron chi connectivity index (χ0n) is 21.8. The molecule has 9 heteroatoms. The number of carboxylic acids is 1. The number of halogens is 2. The van der Waals surface area contributed by atoms with Gasteiger partial charge in [-0.3, -0.25) is 4.79 Å². The number of benzene rings is 2. The van der Waals surface area contributed by atoms with Crippen LogP contribution in [0.5, 0.6) is 11.5 Å². The third-order valence-corrected chi connectivity index (χ3v) is 7.57. The number of nitrogens with zero attached hydrogens (tertiary/aromatic N) is 2. The van der Waals surface area contributed by atoms with Gasteiger partial charge in [0.2, 0.25) is 0 Å². The summed E-state index contributed by atoms with van der Waals surface area (Å²) in [4.78, 5) is 15.2. The van der Waals surface area contributed by atoms with Crippen LogP contribution >= 0.6 is 0 Å². The van der Waals surface area contributed by atoms with Crippen LogP contribution in [-0.4, -0.2) is 62.7 Å². The van der Waals surface area contributed by atoms with Crippen molar-refractivity contribution in [2.45, 2.75) is 51.9 Å². The second kappa shape index (κ2) is 11.5. The Labute approximate surface area is 216 Å². The lowest BCUT2D eigenvalue weighted by Gasteiger charge is -2.38. The van der Waals surface area contributed by atoms with E-state index >= 15 is 4.39 Å². The normalized spacial score (nSPS) is 25.8. The first-order valence-electron chi connectivity index (χ1n) is 12.9. The van der Waals surface area contributed by atoms with E-state index in [-0.39, 0.29) is 42.3 Å². The van der Waals surface area contributed by atoms with Crippen LogP contribution in [0.25, 0.3) is 0 Å². The summed E-state index contributed by atoms with van der Waals surface area (Å²) in [7, 11) is 1.59. The van der Waals surface area contributed by atoms with Crippen molar-refractivity contribution in [2.24, 2.45) is 11.8 Å². The summed E-state index contributed by atoms with van der Waals surface area (Å²) < 4.78 is 47.0. The molecule has 202 valence electrons. The van der Waals surface area contributed by atoms with E-state index in [4.69, 9.17) is 14.2 Å². The average Bonchev–Trinajstić information content (AvgIpc) is 3.16. The van der Waals surface area contributed by atoms with Gasteiger partial charge in [-0.25, -0.2) is 8.78 Å². The molecule has 0 aromatic heterocycles. The fourth-order valence-corrected chi connectivity index (χ4v) is 5.55. The molecular formula is C28H36F2N2O5. The first-order valence-corrected chi connectivity index (χ1v) is 12.9. The van der Waals surface area contributed by atoms with Gasteiger partial charge in [0, 0.05) is 63.2 Å². The second-order valence-corrected chi connectivity index (χ2v) is 9.98. The summed E-state index contributed by atoms with van der Waals surface area (Å²) in [5.74, 6) is -0.604. The van der Waals surface area contributed by atoms with Crippen LogP contribution in [0, 0.1) is 23.5 Å². The Morgan fingerprint density at radius 2 is 1.78 bits per heavy atom. The molecule has 0 bridgehead atoms. The molecule has 2 aliphatic rings. The van der Waals surface area contributed by atoms with E-state index in [1.807, 2.05) is 25.7 Å². The smallest absolute Gasteiger partial charge is 0.305 e. The van der Waals surface area contributed by atoms with Crippen LogP contribution in [-0.2, 0) is 9.53 Å². The van der Waals surface area contributed by atoms with Gasteiger partial charge >= 0.3 is 5.97 Å².